The van der Waals surface area contributed by atoms with Crippen LogP contribution in [0.25, 0.3) is 28.0 Å². The molecule has 148 valence electrons. The van der Waals surface area contributed by atoms with Crippen molar-refractivity contribution in [2.75, 3.05) is 5.32 Å². The van der Waals surface area contributed by atoms with Gasteiger partial charge in [0.1, 0.15) is 5.39 Å². The fourth-order valence-electron chi connectivity index (χ4n) is 3.45. The van der Waals surface area contributed by atoms with Gasteiger partial charge >= 0.3 is 0 Å². The summed E-state index contributed by atoms with van der Waals surface area (Å²) in [6, 6.07) is 19.6. The van der Waals surface area contributed by atoms with Crippen molar-refractivity contribution < 1.29 is 0 Å². The minimum Gasteiger partial charge on any atom is -0.351 e. The Kier molecular flexibility index (Phi) is 4.36. The van der Waals surface area contributed by atoms with Crippen LogP contribution in [-0.4, -0.2) is 29.5 Å². The fourth-order valence-corrected chi connectivity index (χ4v) is 3.45. The number of hydrogen-bond acceptors (Lipinski definition) is 5. The highest BCUT2D eigenvalue weighted by Gasteiger charge is 2.13. The molecule has 0 saturated heterocycles. The van der Waals surface area contributed by atoms with E-state index in [1.807, 2.05) is 73.9 Å². The van der Waals surface area contributed by atoms with Gasteiger partial charge in [0.25, 0.3) is 5.56 Å². The van der Waals surface area contributed by atoms with E-state index in [-0.39, 0.29) is 5.56 Å². The van der Waals surface area contributed by atoms with Gasteiger partial charge in [0.15, 0.2) is 5.65 Å². The van der Waals surface area contributed by atoms with Crippen LogP contribution in [0.1, 0.15) is 5.56 Å². The second-order valence-electron chi connectivity index (χ2n) is 6.94. The zero-order valence-electron chi connectivity index (χ0n) is 16.3. The number of H-pyrrole nitrogens is 1. The molecule has 0 atom stereocenters. The second kappa shape index (κ2) is 7.32. The minimum atomic E-state index is -0.237. The number of aryl methyl sites for hydroxylation is 1. The van der Waals surface area contributed by atoms with Crippen molar-refractivity contribution in [3.05, 3.63) is 89.0 Å². The SMILES string of the molecule is Cn1cc(CNc2nc3c(cnn3-c3ccccc3)c(=O)[nH]2)c(-c2ccccc2)n1. The average Bonchev–Trinajstić information content (AvgIpc) is 3.37. The van der Waals surface area contributed by atoms with Crippen molar-refractivity contribution in [1.29, 1.82) is 0 Å². The molecule has 30 heavy (non-hydrogen) atoms. The maximum Gasteiger partial charge on any atom is 0.263 e. The molecule has 0 unspecified atom stereocenters. The van der Waals surface area contributed by atoms with Gasteiger partial charge in [0.2, 0.25) is 5.95 Å². The van der Waals surface area contributed by atoms with Crippen molar-refractivity contribution in [1.82, 2.24) is 29.5 Å². The van der Waals surface area contributed by atoms with Gasteiger partial charge in [-0.15, -0.1) is 0 Å². The lowest BCUT2D eigenvalue weighted by Crippen LogP contribution is -2.13. The number of aromatic nitrogens is 6. The number of nitrogens with one attached hydrogen (secondary N) is 2. The van der Waals surface area contributed by atoms with Gasteiger partial charge in [-0.1, -0.05) is 48.5 Å². The highest BCUT2D eigenvalue weighted by molar-refractivity contribution is 5.76. The zero-order chi connectivity index (χ0) is 20.5. The fraction of sp³-hybridized carbons (Fsp3) is 0.0909. The molecule has 0 amide bonds. The molecule has 0 spiro atoms. The lowest BCUT2D eigenvalue weighted by atomic mass is 10.1. The molecule has 8 nitrogen and oxygen atoms in total. The predicted octanol–water partition coefficient (Wildman–Crippen LogP) is 3.12. The minimum absolute atomic E-state index is 0.237. The van der Waals surface area contributed by atoms with Crippen LogP contribution in [0.2, 0.25) is 0 Å². The van der Waals surface area contributed by atoms with Crippen LogP contribution >= 0.6 is 0 Å². The van der Waals surface area contributed by atoms with Crippen LogP contribution in [0, 0.1) is 0 Å². The van der Waals surface area contributed by atoms with Crippen molar-refractivity contribution in [2.45, 2.75) is 6.54 Å². The first-order valence-electron chi connectivity index (χ1n) is 9.54. The number of nitrogens with zero attached hydrogens (tertiary/aromatic N) is 5. The summed E-state index contributed by atoms with van der Waals surface area (Å²) in [5.41, 5.74) is 4.04. The van der Waals surface area contributed by atoms with Crippen LogP contribution in [0.15, 0.2) is 77.9 Å². The van der Waals surface area contributed by atoms with Crippen LogP contribution in [-0.2, 0) is 13.6 Å². The van der Waals surface area contributed by atoms with Gasteiger partial charge in [0, 0.05) is 30.9 Å². The molecular formula is C22H19N7O. The summed E-state index contributed by atoms with van der Waals surface area (Å²) in [6.07, 6.45) is 3.49. The highest BCUT2D eigenvalue weighted by Crippen LogP contribution is 2.22. The van der Waals surface area contributed by atoms with E-state index < -0.39 is 0 Å². The summed E-state index contributed by atoms with van der Waals surface area (Å²) in [7, 11) is 1.89. The van der Waals surface area contributed by atoms with Gasteiger partial charge in [-0.2, -0.15) is 15.2 Å². The number of para-hydroxylation sites is 1. The molecule has 0 saturated carbocycles. The van der Waals surface area contributed by atoms with Crippen molar-refractivity contribution in [3.63, 3.8) is 0 Å². The Morgan fingerprint density at radius 1 is 1.03 bits per heavy atom. The Morgan fingerprint density at radius 3 is 2.53 bits per heavy atom. The molecular weight excluding hydrogens is 378 g/mol. The Morgan fingerprint density at radius 2 is 1.77 bits per heavy atom. The number of benzene rings is 2. The molecule has 5 rings (SSSR count). The molecule has 3 heterocycles. The van der Waals surface area contributed by atoms with E-state index in [1.165, 1.54) is 6.20 Å². The van der Waals surface area contributed by atoms with Crippen molar-refractivity contribution in [2.24, 2.45) is 7.05 Å². The molecule has 5 aromatic rings. The first-order chi connectivity index (χ1) is 14.7. The molecule has 2 N–H and O–H groups in total. The second-order valence-corrected chi connectivity index (χ2v) is 6.94. The van der Waals surface area contributed by atoms with E-state index in [1.54, 1.807) is 9.36 Å². The van der Waals surface area contributed by atoms with Gasteiger partial charge < -0.3 is 5.32 Å². The molecule has 3 aromatic heterocycles. The smallest absolute Gasteiger partial charge is 0.263 e. The standard InChI is InChI=1S/C22H19N7O/c1-28-14-16(19(27-28)15-8-4-2-5-9-15)12-23-22-25-20-18(21(30)26-22)13-24-29(20)17-10-6-3-7-11-17/h2-11,13-14H,12H2,1H3,(H2,23,25,26,30). The van der Waals surface area contributed by atoms with Crippen LogP contribution in [0.3, 0.4) is 0 Å². The molecule has 0 radical (unpaired) electrons. The summed E-state index contributed by atoms with van der Waals surface area (Å²) in [6.45, 7) is 0.464. The van der Waals surface area contributed by atoms with E-state index in [4.69, 9.17) is 0 Å². The number of fused-ring (bicyclic) bond motifs is 1. The first-order valence-corrected chi connectivity index (χ1v) is 9.54. The third-order valence-corrected chi connectivity index (χ3v) is 4.84. The lowest BCUT2D eigenvalue weighted by molar-refractivity contribution is 0.770. The predicted molar refractivity (Wildman–Crippen MR) is 115 cm³/mol. The average molecular weight is 397 g/mol. The third-order valence-electron chi connectivity index (χ3n) is 4.84. The summed E-state index contributed by atoms with van der Waals surface area (Å²) < 4.78 is 3.44. The van der Waals surface area contributed by atoms with Gasteiger partial charge in [0.05, 0.1) is 17.6 Å². The Labute approximate surface area is 171 Å². The third kappa shape index (κ3) is 3.24. The first kappa shape index (κ1) is 17.9. The van der Waals surface area contributed by atoms with E-state index in [0.717, 1.165) is 22.5 Å². The van der Waals surface area contributed by atoms with Crippen molar-refractivity contribution in [3.8, 4) is 16.9 Å². The number of hydrogen-bond donors (Lipinski definition) is 2. The van der Waals surface area contributed by atoms with E-state index >= 15 is 0 Å². The molecule has 0 fully saturated rings. The Bertz CT molecular complexity index is 1370. The Balaban J connectivity index is 1.48. The molecule has 0 aliphatic carbocycles. The number of rotatable bonds is 5. The molecule has 0 bridgehead atoms. The van der Waals surface area contributed by atoms with E-state index in [9.17, 15) is 4.79 Å². The van der Waals surface area contributed by atoms with Gasteiger partial charge in [-0.3, -0.25) is 14.5 Å². The van der Waals surface area contributed by atoms with Crippen LogP contribution in [0.4, 0.5) is 5.95 Å². The quantitative estimate of drug-likeness (QED) is 0.475. The lowest BCUT2D eigenvalue weighted by Gasteiger charge is -2.07. The largest absolute Gasteiger partial charge is 0.351 e. The topological polar surface area (TPSA) is 93.4 Å². The molecule has 8 heteroatoms. The summed E-state index contributed by atoms with van der Waals surface area (Å²) >= 11 is 0. The van der Waals surface area contributed by atoms with E-state index in [0.29, 0.717) is 23.5 Å². The number of aromatic amines is 1. The maximum atomic E-state index is 12.5. The number of anilines is 1. The zero-order valence-corrected chi connectivity index (χ0v) is 16.3. The molecule has 0 aliphatic rings. The summed E-state index contributed by atoms with van der Waals surface area (Å²) in [5.74, 6) is 0.382. The summed E-state index contributed by atoms with van der Waals surface area (Å²) in [4.78, 5) is 19.9. The monoisotopic (exact) mass is 397 g/mol. The Hall–Kier alpha value is -4.20. The van der Waals surface area contributed by atoms with Crippen LogP contribution < -0.4 is 10.9 Å². The summed E-state index contributed by atoms with van der Waals surface area (Å²) in [5, 5.41) is 12.6. The maximum absolute atomic E-state index is 12.5. The highest BCUT2D eigenvalue weighted by atomic mass is 16.1. The van der Waals surface area contributed by atoms with E-state index in [2.05, 4.69) is 25.5 Å². The molecule has 0 aliphatic heterocycles. The van der Waals surface area contributed by atoms with Crippen molar-refractivity contribution >= 4 is 17.0 Å². The van der Waals surface area contributed by atoms with Crippen LogP contribution in [0.5, 0.6) is 0 Å². The van der Waals surface area contributed by atoms with Gasteiger partial charge in [-0.25, -0.2) is 4.68 Å². The normalized spacial score (nSPS) is 11.1. The molecule has 2 aromatic carbocycles. The van der Waals surface area contributed by atoms with Gasteiger partial charge in [-0.05, 0) is 12.1 Å².